The summed E-state index contributed by atoms with van der Waals surface area (Å²) in [5.41, 5.74) is 0.826. The molecule has 0 unspecified atom stereocenters. The van der Waals surface area contributed by atoms with Crippen LogP contribution in [0.5, 0.6) is 0 Å². The van der Waals surface area contributed by atoms with Crippen molar-refractivity contribution in [1.82, 2.24) is 30.6 Å². The molecule has 1 aromatic heterocycles. The van der Waals surface area contributed by atoms with Crippen LogP contribution in [-0.4, -0.2) is 59.9 Å². The van der Waals surface area contributed by atoms with Crippen molar-refractivity contribution in [3.05, 3.63) is 84.2 Å². The number of aromatic nitrogens is 2. The van der Waals surface area contributed by atoms with Gasteiger partial charge in [-0.1, -0.05) is 30.3 Å². The molecule has 0 saturated heterocycles. The molecule has 0 radical (unpaired) electrons. The number of amides is 4. The number of nitrogens with zero attached hydrogens (tertiary/aromatic N) is 1. The summed E-state index contributed by atoms with van der Waals surface area (Å²) in [7, 11) is -4.36. The summed E-state index contributed by atoms with van der Waals surface area (Å²) < 4.78 is 39.8. The minimum absolute atomic E-state index is 0.0244. The van der Waals surface area contributed by atoms with E-state index in [4.69, 9.17) is 0 Å². The zero-order valence-electron chi connectivity index (χ0n) is 20.3. The predicted molar refractivity (Wildman–Crippen MR) is 134 cm³/mol. The first-order valence-corrected chi connectivity index (χ1v) is 12.9. The summed E-state index contributed by atoms with van der Waals surface area (Å²) in [6, 6.07) is 7.92. The number of carbonyl (C=O) groups is 4. The van der Waals surface area contributed by atoms with Gasteiger partial charge in [-0.25, -0.2) is 32.1 Å². The quantitative estimate of drug-likeness (QED) is 0.185. The number of hydrogen-bond acceptors (Lipinski definition) is 7. The third-order valence-corrected chi connectivity index (χ3v) is 6.63. The Balaban J connectivity index is 1.59. The van der Waals surface area contributed by atoms with Gasteiger partial charge in [0.25, 0.3) is 10.0 Å². The largest absolute Gasteiger partial charge is 0.480 e. The molecular formula is C24H25FN6O7S. The maximum absolute atomic E-state index is 13.1. The Kier molecular flexibility index (Phi) is 9.69. The first kappa shape index (κ1) is 28.8. The Morgan fingerprint density at radius 2 is 1.69 bits per heavy atom. The maximum atomic E-state index is 13.1. The molecule has 13 nitrogen and oxygen atoms in total. The lowest BCUT2D eigenvalue weighted by Crippen LogP contribution is -2.47. The number of carboxylic acids is 1. The van der Waals surface area contributed by atoms with Crippen molar-refractivity contribution >= 4 is 33.8 Å². The van der Waals surface area contributed by atoms with E-state index in [2.05, 4.69) is 25.9 Å². The zero-order valence-corrected chi connectivity index (χ0v) is 21.1. The summed E-state index contributed by atoms with van der Waals surface area (Å²) in [5, 5.41) is 16.5. The average molecular weight is 561 g/mol. The fourth-order valence-corrected chi connectivity index (χ4v) is 4.30. The molecule has 4 amide bonds. The molecule has 0 fully saturated rings. The summed E-state index contributed by atoms with van der Waals surface area (Å²) in [6.45, 7) is -0.207. The molecule has 0 aliphatic rings. The van der Waals surface area contributed by atoms with Crippen LogP contribution in [-0.2, 0) is 30.8 Å². The van der Waals surface area contributed by atoms with E-state index >= 15 is 0 Å². The van der Waals surface area contributed by atoms with E-state index in [0.29, 0.717) is 11.3 Å². The Bertz CT molecular complexity index is 1400. The number of aromatic amines is 1. The van der Waals surface area contributed by atoms with Crippen LogP contribution in [0.1, 0.15) is 23.7 Å². The molecule has 0 aliphatic heterocycles. The minimum atomic E-state index is -4.36. The maximum Gasteiger partial charge on any atom is 0.329 e. The van der Waals surface area contributed by atoms with Crippen molar-refractivity contribution in [2.75, 3.05) is 6.54 Å². The number of urea groups is 1. The number of benzene rings is 2. The lowest BCUT2D eigenvalue weighted by molar-refractivity contribution is -0.141. The van der Waals surface area contributed by atoms with Crippen LogP contribution in [0, 0.1) is 5.82 Å². The molecule has 2 atom stereocenters. The molecule has 0 saturated carbocycles. The molecule has 0 aliphatic carbocycles. The van der Waals surface area contributed by atoms with Crippen LogP contribution in [0.3, 0.4) is 0 Å². The number of H-pyrrole nitrogens is 1. The van der Waals surface area contributed by atoms with E-state index in [1.807, 2.05) is 0 Å². The van der Waals surface area contributed by atoms with Crippen LogP contribution in [0.4, 0.5) is 9.18 Å². The number of sulfonamides is 1. The third-order valence-electron chi connectivity index (χ3n) is 5.29. The van der Waals surface area contributed by atoms with Gasteiger partial charge < -0.3 is 26.0 Å². The Hall–Kier alpha value is -4.79. The standard InChI is InChI=1S/C24H25FN6O7S/c25-16-6-8-18(9-7-16)39(37,38)31-24(36)30-21(15-4-2-1-3-5-15)22(33)27-11-10-20(32)29-19(23(34)35)12-17-13-26-14-28-17/h1-9,13-14,19,21H,10-12H2,(H,26,28)(H,27,33)(H,29,32)(H,34,35)(H2,30,31,36)/t19-,21-/m0/s1. The van der Waals surface area contributed by atoms with E-state index in [1.165, 1.54) is 24.7 Å². The van der Waals surface area contributed by atoms with Crippen molar-refractivity contribution in [3.63, 3.8) is 0 Å². The second-order valence-corrected chi connectivity index (χ2v) is 9.84. The lowest BCUT2D eigenvalue weighted by atomic mass is 10.1. The Morgan fingerprint density at radius 3 is 2.31 bits per heavy atom. The van der Waals surface area contributed by atoms with E-state index in [0.717, 1.165) is 24.3 Å². The molecule has 0 spiro atoms. The molecular weight excluding hydrogens is 535 g/mol. The number of aliphatic carboxylic acids is 1. The molecule has 206 valence electrons. The molecule has 15 heteroatoms. The van der Waals surface area contributed by atoms with Gasteiger partial charge in [0.2, 0.25) is 11.8 Å². The van der Waals surface area contributed by atoms with Gasteiger partial charge in [0, 0.05) is 31.3 Å². The molecule has 3 aromatic rings. The lowest BCUT2D eigenvalue weighted by Gasteiger charge is -2.19. The smallest absolute Gasteiger partial charge is 0.329 e. The zero-order chi connectivity index (χ0) is 28.4. The number of carboxylic acid groups (broad SMARTS) is 1. The Morgan fingerprint density at radius 1 is 1.00 bits per heavy atom. The highest BCUT2D eigenvalue weighted by molar-refractivity contribution is 7.90. The molecule has 39 heavy (non-hydrogen) atoms. The van der Waals surface area contributed by atoms with E-state index in [-0.39, 0.29) is 24.3 Å². The number of halogens is 1. The fraction of sp³-hybridized carbons (Fsp3) is 0.208. The fourth-order valence-electron chi connectivity index (χ4n) is 3.39. The summed E-state index contributed by atoms with van der Waals surface area (Å²) >= 11 is 0. The van der Waals surface area contributed by atoms with Gasteiger partial charge in [-0.05, 0) is 29.8 Å². The average Bonchev–Trinajstić information content (AvgIpc) is 3.40. The first-order chi connectivity index (χ1) is 18.5. The molecule has 0 bridgehead atoms. The normalized spacial score (nSPS) is 12.5. The predicted octanol–water partition coefficient (Wildman–Crippen LogP) is 0.596. The van der Waals surface area contributed by atoms with E-state index < -0.39 is 51.7 Å². The summed E-state index contributed by atoms with van der Waals surface area (Å²) in [4.78, 5) is 55.3. The Labute approximate surface area is 222 Å². The van der Waals surface area contributed by atoms with Crippen LogP contribution in [0.15, 0.2) is 72.0 Å². The van der Waals surface area contributed by atoms with Crippen LogP contribution < -0.4 is 20.7 Å². The van der Waals surface area contributed by atoms with E-state index in [1.54, 1.807) is 22.9 Å². The topological polar surface area (TPSA) is 199 Å². The van der Waals surface area contributed by atoms with Crippen molar-refractivity contribution in [2.24, 2.45) is 0 Å². The van der Waals surface area contributed by atoms with Gasteiger partial charge in [0.15, 0.2) is 0 Å². The molecule has 2 aromatic carbocycles. The van der Waals surface area contributed by atoms with Crippen molar-refractivity contribution in [2.45, 2.75) is 29.8 Å². The van der Waals surface area contributed by atoms with Gasteiger partial charge in [0.1, 0.15) is 17.9 Å². The summed E-state index contributed by atoms with van der Waals surface area (Å²) in [5.74, 6) is -3.31. The number of rotatable bonds is 12. The summed E-state index contributed by atoms with van der Waals surface area (Å²) in [6.07, 6.45) is 2.51. The third kappa shape index (κ3) is 8.63. The number of carbonyl (C=O) groups excluding carboxylic acids is 3. The van der Waals surface area contributed by atoms with Gasteiger partial charge in [-0.15, -0.1) is 0 Å². The first-order valence-electron chi connectivity index (χ1n) is 11.5. The second kappa shape index (κ2) is 13.1. The highest BCUT2D eigenvalue weighted by Gasteiger charge is 2.26. The monoisotopic (exact) mass is 560 g/mol. The number of imidazole rings is 1. The number of nitrogens with one attached hydrogen (secondary N) is 5. The van der Waals surface area contributed by atoms with Crippen LogP contribution in [0.25, 0.3) is 0 Å². The van der Waals surface area contributed by atoms with Gasteiger partial charge in [-0.2, -0.15) is 0 Å². The van der Waals surface area contributed by atoms with Crippen molar-refractivity contribution < 1.29 is 37.1 Å². The highest BCUT2D eigenvalue weighted by Crippen LogP contribution is 2.14. The minimum Gasteiger partial charge on any atom is -0.480 e. The van der Waals surface area contributed by atoms with Gasteiger partial charge in [-0.3, -0.25) is 9.59 Å². The molecule has 3 rings (SSSR count). The van der Waals surface area contributed by atoms with Crippen molar-refractivity contribution in [3.8, 4) is 0 Å². The molecule has 1 heterocycles. The highest BCUT2D eigenvalue weighted by atomic mass is 32.2. The SMILES string of the molecule is O=C(CCNC(=O)[C@@H](NC(=O)NS(=O)(=O)c1ccc(F)cc1)c1ccccc1)N[C@@H](Cc1cnc[nH]1)C(=O)O. The van der Waals surface area contributed by atoms with Gasteiger partial charge >= 0.3 is 12.0 Å². The van der Waals surface area contributed by atoms with Crippen LogP contribution in [0.2, 0.25) is 0 Å². The van der Waals surface area contributed by atoms with Crippen LogP contribution >= 0.6 is 0 Å². The molecule has 6 N–H and O–H groups in total. The van der Waals surface area contributed by atoms with Gasteiger partial charge in [0.05, 0.1) is 11.2 Å². The van der Waals surface area contributed by atoms with Crippen molar-refractivity contribution in [1.29, 1.82) is 0 Å². The van der Waals surface area contributed by atoms with E-state index in [9.17, 15) is 37.1 Å². The number of hydrogen-bond donors (Lipinski definition) is 6. The second-order valence-electron chi connectivity index (χ2n) is 8.16.